The number of amides is 1. The monoisotopic (exact) mass is 296 g/mol. The first kappa shape index (κ1) is 19.4. The molecule has 0 heterocycles. The van der Waals surface area contributed by atoms with Crippen LogP contribution in [-0.4, -0.2) is 36.5 Å². The van der Waals surface area contributed by atoms with Gasteiger partial charge in [-0.2, -0.15) is 5.26 Å². The van der Waals surface area contributed by atoms with E-state index in [1.165, 1.54) is 0 Å². The average Bonchev–Trinajstić information content (AvgIpc) is 2.32. The van der Waals surface area contributed by atoms with Crippen molar-refractivity contribution >= 4 is 11.9 Å². The van der Waals surface area contributed by atoms with E-state index in [2.05, 4.69) is 0 Å². The SMILES string of the molecule is CCOC(=O)C(C(=O)N(CCC#N)CC(C)C)C(C)(C)C. The third-order valence-electron chi connectivity index (χ3n) is 3.03. The molecule has 0 aromatic carbocycles. The molecule has 0 saturated heterocycles. The normalized spacial score (nSPS) is 12.7. The van der Waals surface area contributed by atoms with E-state index in [4.69, 9.17) is 10.00 Å². The second-order valence-electron chi connectivity index (χ2n) is 6.64. The topological polar surface area (TPSA) is 70.4 Å². The van der Waals surface area contributed by atoms with Gasteiger partial charge < -0.3 is 9.64 Å². The molecule has 21 heavy (non-hydrogen) atoms. The fourth-order valence-electron chi connectivity index (χ4n) is 2.15. The summed E-state index contributed by atoms with van der Waals surface area (Å²) >= 11 is 0. The van der Waals surface area contributed by atoms with Gasteiger partial charge in [-0.25, -0.2) is 0 Å². The van der Waals surface area contributed by atoms with Gasteiger partial charge in [0.25, 0.3) is 0 Å². The van der Waals surface area contributed by atoms with E-state index in [0.717, 1.165) is 0 Å². The predicted molar refractivity (Wildman–Crippen MR) is 81.2 cm³/mol. The second-order valence-corrected chi connectivity index (χ2v) is 6.64. The van der Waals surface area contributed by atoms with Crippen molar-refractivity contribution in [2.24, 2.45) is 17.3 Å². The van der Waals surface area contributed by atoms with Gasteiger partial charge in [0.2, 0.25) is 5.91 Å². The third-order valence-corrected chi connectivity index (χ3v) is 3.03. The molecule has 0 aromatic heterocycles. The first-order valence-electron chi connectivity index (χ1n) is 7.47. The van der Waals surface area contributed by atoms with Gasteiger partial charge in [0.15, 0.2) is 0 Å². The van der Waals surface area contributed by atoms with Crippen LogP contribution in [0.1, 0.15) is 48.0 Å². The second kappa shape index (κ2) is 8.66. The first-order chi connectivity index (χ1) is 9.65. The molecule has 1 unspecified atom stereocenters. The Morgan fingerprint density at radius 2 is 1.86 bits per heavy atom. The molecule has 0 bridgehead atoms. The number of nitriles is 1. The minimum Gasteiger partial charge on any atom is -0.465 e. The van der Waals surface area contributed by atoms with E-state index in [1.807, 2.05) is 40.7 Å². The standard InChI is InChI=1S/C16H28N2O3/c1-7-21-15(20)13(16(4,5)6)14(19)18(10-8-9-17)11-12(2)3/h12-13H,7-8,10-11H2,1-6H3. The lowest BCUT2D eigenvalue weighted by Gasteiger charge is -2.33. The van der Waals surface area contributed by atoms with Gasteiger partial charge in [0.05, 0.1) is 19.1 Å². The molecule has 120 valence electrons. The van der Waals surface area contributed by atoms with Gasteiger partial charge in [0, 0.05) is 13.1 Å². The number of hydrogen-bond donors (Lipinski definition) is 0. The van der Waals surface area contributed by atoms with E-state index in [9.17, 15) is 9.59 Å². The van der Waals surface area contributed by atoms with Gasteiger partial charge in [-0.15, -0.1) is 0 Å². The first-order valence-corrected chi connectivity index (χ1v) is 7.47. The average molecular weight is 296 g/mol. The van der Waals surface area contributed by atoms with E-state index in [-0.39, 0.29) is 24.9 Å². The Bertz CT molecular complexity index is 391. The van der Waals surface area contributed by atoms with E-state index in [0.29, 0.717) is 13.1 Å². The van der Waals surface area contributed by atoms with Crippen molar-refractivity contribution in [1.82, 2.24) is 4.90 Å². The highest BCUT2D eigenvalue weighted by Gasteiger charge is 2.41. The Balaban J connectivity index is 5.28. The minimum absolute atomic E-state index is 0.245. The highest BCUT2D eigenvalue weighted by Crippen LogP contribution is 2.29. The van der Waals surface area contributed by atoms with Crippen LogP contribution in [0, 0.1) is 28.6 Å². The van der Waals surface area contributed by atoms with Crippen molar-refractivity contribution in [3.05, 3.63) is 0 Å². The molecule has 1 amide bonds. The lowest BCUT2D eigenvalue weighted by molar-refractivity contribution is -0.160. The van der Waals surface area contributed by atoms with Crippen molar-refractivity contribution in [3.8, 4) is 6.07 Å². The van der Waals surface area contributed by atoms with Gasteiger partial charge in [-0.1, -0.05) is 34.6 Å². The summed E-state index contributed by atoms with van der Waals surface area (Å²) in [6.07, 6.45) is 0.262. The molecule has 0 aliphatic rings. The summed E-state index contributed by atoms with van der Waals surface area (Å²) < 4.78 is 5.06. The van der Waals surface area contributed by atoms with Crippen molar-refractivity contribution in [3.63, 3.8) is 0 Å². The molecule has 0 aromatic rings. The zero-order chi connectivity index (χ0) is 16.6. The molecule has 0 aliphatic carbocycles. The van der Waals surface area contributed by atoms with Crippen LogP contribution in [0.2, 0.25) is 0 Å². The predicted octanol–water partition coefficient (Wildman–Crippen LogP) is 2.61. The van der Waals surface area contributed by atoms with Gasteiger partial charge >= 0.3 is 5.97 Å². The lowest BCUT2D eigenvalue weighted by Crippen LogP contribution is -2.47. The number of carbonyl (C=O) groups is 2. The number of rotatable bonds is 7. The zero-order valence-electron chi connectivity index (χ0n) is 14.1. The summed E-state index contributed by atoms with van der Waals surface area (Å²) in [6, 6.07) is 2.05. The largest absolute Gasteiger partial charge is 0.465 e. The van der Waals surface area contributed by atoms with Crippen molar-refractivity contribution in [2.45, 2.75) is 48.0 Å². The lowest BCUT2D eigenvalue weighted by atomic mass is 9.79. The Morgan fingerprint density at radius 3 is 2.24 bits per heavy atom. The summed E-state index contributed by atoms with van der Waals surface area (Å²) in [5, 5.41) is 8.74. The van der Waals surface area contributed by atoms with Crippen LogP contribution in [0.4, 0.5) is 0 Å². The molecule has 0 spiro atoms. The summed E-state index contributed by atoms with van der Waals surface area (Å²) in [7, 11) is 0. The molecule has 0 saturated carbocycles. The molecule has 5 heteroatoms. The Labute approximate surface area is 128 Å². The Kier molecular flexibility index (Phi) is 8.01. The maximum atomic E-state index is 12.8. The van der Waals surface area contributed by atoms with E-state index < -0.39 is 17.3 Å². The fourth-order valence-corrected chi connectivity index (χ4v) is 2.15. The zero-order valence-corrected chi connectivity index (χ0v) is 14.1. The quantitative estimate of drug-likeness (QED) is 0.535. The molecule has 0 aliphatic heterocycles. The van der Waals surface area contributed by atoms with Crippen LogP contribution in [0.5, 0.6) is 0 Å². The van der Waals surface area contributed by atoms with Gasteiger partial charge in [0.1, 0.15) is 5.92 Å². The van der Waals surface area contributed by atoms with Crippen molar-refractivity contribution in [1.29, 1.82) is 5.26 Å². The van der Waals surface area contributed by atoms with Crippen molar-refractivity contribution in [2.75, 3.05) is 19.7 Å². The molecular formula is C16H28N2O3. The summed E-state index contributed by atoms with van der Waals surface area (Å²) in [4.78, 5) is 26.5. The molecule has 0 radical (unpaired) electrons. The van der Waals surface area contributed by atoms with Crippen LogP contribution >= 0.6 is 0 Å². The maximum Gasteiger partial charge on any atom is 0.319 e. The maximum absolute atomic E-state index is 12.8. The molecule has 0 fully saturated rings. The highest BCUT2D eigenvalue weighted by molar-refractivity contribution is 5.98. The third kappa shape index (κ3) is 6.61. The van der Waals surface area contributed by atoms with Crippen LogP contribution in [-0.2, 0) is 14.3 Å². The van der Waals surface area contributed by atoms with Crippen LogP contribution < -0.4 is 0 Å². The Morgan fingerprint density at radius 1 is 1.29 bits per heavy atom. The highest BCUT2D eigenvalue weighted by atomic mass is 16.5. The molecule has 5 nitrogen and oxygen atoms in total. The summed E-state index contributed by atoms with van der Waals surface area (Å²) in [5.41, 5.74) is -0.523. The molecule has 0 N–H and O–H groups in total. The molecular weight excluding hydrogens is 268 g/mol. The number of esters is 1. The van der Waals surface area contributed by atoms with Gasteiger partial charge in [-0.3, -0.25) is 9.59 Å². The fraction of sp³-hybridized carbons (Fsp3) is 0.812. The smallest absolute Gasteiger partial charge is 0.319 e. The van der Waals surface area contributed by atoms with Gasteiger partial charge in [-0.05, 0) is 18.3 Å². The number of ether oxygens (including phenoxy) is 1. The van der Waals surface area contributed by atoms with Crippen LogP contribution in [0.3, 0.4) is 0 Å². The summed E-state index contributed by atoms with van der Waals surface area (Å²) in [6.45, 7) is 12.4. The number of nitrogens with zero attached hydrogens (tertiary/aromatic N) is 2. The van der Waals surface area contributed by atoms with Crippen LogP contribution in [0.25, 0.3) is 0 Å². The number of hydrogen-bond acceptors (Lipinski definition) is 4. The molecule has 0 rings (SSSR count). The van der Waals surface area contributed by atoms with Crippen LogP contribution in [0.15, 0.2) is 0 Å². The Hall–Kier alpha value is -1.57. The summed E-state index contributed by atoms with van der Waals surface area (Å²) in [5.74, 6) is -1.30. The minimum atomic E-state index is -0.838. The van der Waals surface area contributed by atoms with E-state index >= 15 is 0 Å². The molecule has 1 atom stereocenters. The van der Waals surface area contributed by atoms with Crippen molar-refractivity contribution < 1.29 is 14.3 Å². The number of carbonyl (C=O) groups excluding carboxylic acids is 2. The van der Waals surface area contributed by atoms with E-state index in [1.54, 1.807) is 11.8 Å².